The molecule has 4 heteroatoms. The smallest absolute Gasteiger partial charge is 0.0767 e. The van der Waals surface area contributed by atoms with Crippen molar-refractivity contribution in [1.29, 1.82) is 0 Å². The number of nitrogens with one attached hydrogen (secondary N) is 1. The molecular weight excluding hydrogens is 209 g/mol. The topological polar surface area (TPSA) is 28.2 Å². The third kappa shape index (κ3) is 2.01. The van der Waals surface area contributed by atoms with Crippen molar-refractivity contribution >= 4 is 19.8 Å². The highest BCUT2D eigenvalue weighted by Crippen LogP contribution is 2.37. The fourth-order valence-corrected chi connectivity index (χ4v) is 3.18. The Kier molecular flexibility index (Phi) is 3.60. The molecule has 1 N–H and O–H groups in total. The average Bonchev–Trinajstić information content (AvgIpc) is 2.36. The van der Waals surface area contributed by atoms with E-state index in [1.807, 2.05) is 12.4 Å². The Hall–Kier alpha value is -1.19. The third-order valence-corrected chi connectivity index (χ3v) is 3.92. The number of nitrogens with zero attached hydrogens (tertiary/aromatic N) is 2. The Morgan fingerprint density at radius 3 is 3.06 bits per heavy atom. The second-order valence-electron chi connectivity index (χ2n) is 4.78. The minimum absolute atomic E-state index is 0. The van der Waals surface area contributed by atoms with Crippen molar-refractivity contribution in [2.75, 3.05) is 16.8 Å². The van der Waals surface area contributed by atoms with Gasteiger partial charge in [0.15, 0.2) is 0 Å². The number of fused-ring (bicyclic) bond motifs is 2. The molecule has 3 rings (SSSR count). The van der Waals surface area contributed by atoms with Gasteiger partial charge < -0.3 is 10.2 Å². The monoisotopic (exact) mass is 228 g/mol. The fraction of sp³-hybridized carbons (Fsp3) is 0.615. The van der Waals surface area contributed by atoms with Crippen LogP contribution in [0, 0.1) is 0 Å². The molecule has 1 aromatic heterocycles. The van der Waals surface area contributed by atoms with E-state index < -0.39 is 0 Å². The van der Waals surface area contributed by atoms with Crippen LogP contribution in [0.15, 0.2) is 18.5 Å². The molecule has 2 atom stereocenters. The summed E-state index contributed by atoms with van der Waals surface area (Å²) in [6, 6.07) is 3.45. The second kappa shape index (κ2) is 4.99. The van der Waals surface area contributed by atoms with Crippen LogP contribution in [0.1, 0.15) is 32.6 Å². The van der Waals surface area contributed by atoms with Gasteiger partial charge in [0.2, 0.25) is 0 Å². The van der Waals surface area contributed by atoms with E-state index in [4.69, 9.17) is 0 Å². The lowest BCUT2D eigenvalue weighted by Gasteiger charge is -2.46. The largest absolute Gasteiger partial charge is 0.377 e. The molecule has 1 aliphatic heterocycles. The van der Waals surface area contributed by atoms with Crippen LogP contribution in [0.4, 0.5) is 11.4 Å². The Balaban J connectivity index is 0.00000108. The van der Waals surface area contributed by atoms with Gasteiger partial charge in [-0.3, -0.25) is 4.98 Å². The lowest BCUT2D eigenvalue weighted by atomic mass is 9.87. The van der Waals surface area contributed by atoms with Gasteiger partial charge in [0.1, 0.15) is 0 Å². The number of rotatable bonds is 1. The summed E-state index contributed by atoms with van der Waals surface area (Å²) >= 11 is 0. The zero-order chi connectivity index (χ0) is 11.0. The van der Waals surface area contributed by atoms with Crippen molar-refractivity contribution in [2.45, 2.75) is 44.7 Å². The van der Waals surface area contributed by atoms with E-state index in [0.717, 1.165) is 6.54 Å². The van der Waals surface area contributed by atoms with Crippen molar-refractivity contribution in [1.82, 2.24) is 4.98 Å². The van der Waals surface area contributed by atoms with E-state index in [9.17, 15) is 0 Å². The molecule has 0 amide bonds. The van der Waals surface area contributed by atoms with Gasteiger partial charge in [0, 0.05) is 33.2 Å². The summed E-state index contributed by atoms with van der Waals surface area (Å²) in [6.07, 6.45) is 9.22. The molecule has 3 nitrogen and oxygen atoms in total. The summed E-state index contributed by atoms with van der Waals surface area (Å²) in [5.74, 6) is 0. The molecule has 1 fully saturated rings. The van der Waals surface area contributed by atoms with Crippen LogP contribution in [-0.2, 0) is 0 Å². The number of aromatic nitrogens is 1. The fourth-order valence-electron chi connectivity index (χ4n) is 3.18. The van der Waals surface area contributed by atoms with E-state index in [1.165, 1.54) is 37.1 Å². The van der Waals surface area contributed by atoms with Crippen molar-refractivity contribution in [3.63, 3.8) is 0 Å². The quantitative estimate of drug-likeness (QED) is 0.747. The van der Waals surface area contributed by atoms with Crippen LogP contribution in [0.2, 0.25) is 0 Å². The van der Waals surface area contributed by atoms with E-state index in [0.29, 0.717) is 12.1 Å². The van der Waals surface area contributed by atoms with E-state index >= 15 is 0 Å². The van der Waals surface area contributed by atoms with Crippen molar-refractivity contribution in [2.24, 2.45) is 0 Å². The maximum atomic E-state index is 4.22. The minimum atomic E-state index is 0. The van der Waals surface area contributed by atoms with Gasteiger partial charge >= 0.3 is 0 Å². The highest BCUT2D eigenvalue weighted by atomic mass is 15.2. The van der Waals surface area contributed by atoms with Gasteiger partial charge in [0.05, 0.1) is 17.6 Å². The number of hydrogen-bond donors (Lipinski definition) is 1. The molecule has 0 aromatic carbocycles. The predicted octanol–water partition coefficient (Wildman–Crippen LogP) is 2.26. The van der Waals surface area contributed by atoms with E-state index in [1.54, 1.807) is 0 Å². The highest BCUT2D eigenvalue weighted by molar-refractivity contribution is 5.75. The predicted molar refractivity (Wildman–Crippen MR) is 72.7 cm³/mol. The Bertz CT molecular complexity index is 383. The summed E-state index contributed by atoms with van der Waals surface area (Å²) in [6.45, 7) is 3.35. The first-order chi connectivity index (χ1) is 7.90. The Labute approximate surface area is 105 Å². The van der Waals surface area contributed by atoms with Crippen molar-refractivity contribution < 1.29 is 0 Å². The lowest BCUT2D eigenvalue weighted by molar-refractivity contribution is 0.376. The summed E-state index contributed by atoms with van der Waals surface area (Å²) < 4.78 is 0. The average molecular weight is 228 g/mol. The zero-order valence-electron chi connectivity index (χ0n) is 10.4. The maximum absolute atomic E-state index is 4.22. The van der Waals surface area contributed by atoms with Crippen LogP contribution in [0.5, 0.6) is 0 Å². The molecule has 2 aliphatic rings. The van der Waals surface area contributed by atoms with Crippen LogP contribution in [0.25, 0.3) is 0 Å². The zero-order valence-corrected chi connectivity index (χ0v) is 10.4. The van der Waals surface area contributed by atoms with Gasteiger partial charge in [-0.05, 0) is 25.8 Å². The number of anilines is 2. The molecule has 1 saturated carbocycles. The first kappa shape index (κ1) is 12.3. The maximum Gasteiger partial charge on any atom is 0.0767 e. The van der Waals surface area contributed by atoms with E-state index in [2.05, 4.69) is 28.2 Å². The normalized spacial score (nSPS) is 26.3. The molecule has 1 aliphatic carbocycles. The van der Waals surface area contributed by atoms with Crippen LogP contribution in [-0.4, -0.2) is 32.0 Å². The molecule has 2 heterocycles. The first-order valence-corrected chi connectivity index (χ1v) is 6.37. The highest BCUT2D eigenvalue weighted by Gasteiger charge is 2.34. The molecule has 1 aromatic rings. The summed E-state index contributed by atoms with van der Waals surface area (Å²) in [5, 5.41) is 3.66. The molecule has 0 unspecified atom stereocenters. The molecule has 89 valence electrons. The first-order valence-electron chi connectivity index (χ1n) is 6.37. The molecule has 0 spiro atoms. The number of hydrogen-bond acceptors (Lipinski definition) is 3. The van der Waals surface area contributed by atoms with E-state index in [-0.39, 0.29) is 8.41 Å². The Morgan fingerprint density at radius 2 is 2.24 bits per heavy atom. The number of pyridine rings is 1. The van der Waals surface area contributed by atoms with Gasteiger partial charge in [-0.25, -0.2) is 0 Å². The standard InChI is InChI=1S/C13H19N3.B/c1-2-16-12-6-4-3-5-10(12)15-11-9-14-8-7-13(11)16;/h7-10,12,15H,2-6H2,1H3;/t10-,12+;/m1./s1. The molecular formula is C13H19BN3. The van der Waals surface area contributed by atoms with Crippen molar-refractivity contribution in [3.8, 4) is 0 Å². The van der Waals surface area contributed by atoms with Gasteiger partial charge in [-0.15, -0.1) is 0 Å². The molecule has 0 bridgehead atoms. The van der Waals surface area contributed by atoms with Crippen LogP contribution < -0.4 is 10.2 Å². The molecule has 3 radical (unpaired) electrons. The summed E-state index contributed by atoms with van der Waals surface area (Å²) in [5.41, 5.74) is 2.55. The molecule has 0 saturated heterocycles. The van der Waals surface area contributed by atoms with Crippen LogP contribution in [0.3, 0.4) is 0 Å². The summed E-state index contributed by atoms with van der Waals surface area (Å²) in [7, 11) is 0. The summed E-state index contributed by atoms with van der Waals surface area (Å²) in [4.78, 5) is 6.77. The van der Waals surface area contributed by atoms with Crippen molar-refractivity contribution in [3.05, 3.63) is 18.5 Å². The van der Waals surface area contributed by atoms with Gasteiger partial charge in [-0.1, -0.05) is 12.8 Å². The Morgan fingerprint density at radius 1 is 1.41 bits per heavy atom. The minimum Gasteiger partial charge on any atom is -0.377 e. The SMILES string of the molecule is CCN1c2ccncc2N[C@@H]2CCCC[C@@H]21.[B]. The van der Waals surface area contributed by atoms with Gasteiger partial charge in [0.25, 0.3) is 0 Å². The number of likely N-dealkylation sites (N-methyl/N-ethyl adjacent to an activating group) is 1. The lowest BCUT2D eigenvalue weighted by Crippen LogP contribution is -2.52. The second-order valence-corrected chi connectivity index (χ2v) is 4.78. The van der Waals surface area contributed by atoms with Gasteiger partial charge in [-0.2, -0.15) is 0 Å². The third-order valence-electron chi connectivity index (χ3n) is 3.92. The van der Waals surface area contributed by atoms with Crippen LogP contribution >= 0.6 is 0 Å². The molecule has 17 heavy (non-hydrogen) atoms.